The van der Waals surface area contributed by atoms with Crippen molar-refractivity contribution in [1.82, 2.24) is 10.6 Å². The molecule has 154 valence electrons. The third-order valence-electron chi connectivity index (χ3n) is 3.89. The van der Waals surface area contributed by atoms with Crippen LogP contribution in [0.5, 0.6) is 0 Å². The van der Waals surface area contributed by atoms with Gasteiger partial charge in [0.15, 0.2) is 5.96 Å². The standard InChI is InChI=1S/C20H24F3N3O.HI/c1-15(18-6-4-3-5-7-18)26-19(24-2)25-12-16-8-10-17(11-9-16)13-27-14-20(21,22)23;/h3-11,15H,12-14H2,1-2H3,(H2,24,25,26);1H. The maximum Gasteiger partial charge on any atom is 0.411 e. The van der Waals surface area contributed by atoms with E-state index in [-0.39, 0.29) is 36.6 Å². The lowest BCUT2D eigenvalue weighted by atomic mass is 10.1. The normalized spacial score (nSPS) is 12.8. The minimum atomic E-state index is -4.30. The molecule has 28 heavy (non-hydrogen) atoms. The van der Waals surface area contributed by atoms with E-state index in [1.807, 2.05) is 42.5 Å². The largest absolute Gasteiger partial charge is 0.411 e. The van der Waals surface area contributed by atoms with Gasteiger partial charge in [0.25, 0.3) is 0 Å². The number of alkyl halides is 3. The van der Waals surface area contributed by atoms with Crippen LogP contribution in [-0.4, -0.2) is 25.8 Å². The summed E-state index contributed by atoms with van der Waals surface area (Å²) in [6.45, 7) is 1.30. The first-order chi connectivity index (χ1) is 12.9. The van der Waals surface area contributed by atoms with E-state index in [0.717, 1.165) is 11.1 Å². The third kappa shape index (κ3) is 8.92. The fourth-order valence-corrected chi connectivity index (χ4v) is 2.45. The second kappa shape index (κ2) is 11.9. The number of benzene rings is 2. The molecule has 1 unspecified atom stereocenters. The zero-order valence-corrected chi connectivity index (χ0v) is 18.1. The minimum Gasteiger partial charge on any atom is -0.367 e. The fourth-order valence-electron chi connectivity index (χ4n) is 2.45. The Balaban J connectivity index is 0.00000392. The molecule has 0 saturated carbocycles. The van der Waals surface area contributed by atoms with Gasteiger partial charge in [0, 0.05) is 13.6 Å². The molecule has 0 amide bonds. The zero-order valence-electron chi connectivity index (χ0n) is 15.8. The van der Waals surface area contributed by atoms with Gasteiger partial charge in [0.05, 0.1) is 12.6 Å². The van der Waals surface area contributed by atoms with Crippen LogP contribution >= 0.6 is 24.0 Å². The maximum atomic E-state index is 12.1. The molecule has 2 aromatic carbocycles. The molecule has 0 heterocycles. The van der Waals surface area contributed by atoms with E-state index in [9.17, 15) is 13.2 Å². The molecule has 2 N–H and O–H groups in total. The molecule has 0 spiro atoms. The van der Waals surface area contributed by atoms with E-state index in [2.05, 4.69) is 27.3 Å². The third-order valence-corrected chi connectivity index (χ3v) is 3.89. The lowest BCUT2D eigenvalue weighted by Gasteiger charge is -2.18. The van der Waals surface area contributed by atoms with Gasteiger partial charge in [-0.05, 0) is 23.6 Å². The Morgan fingerprint density at radius 3 is 2.21 bits per heavy atom. The van der Waals surface area contributed by atoms with Crippen molar-refractivity contribution in [2.45, 2.75) is 32.3 Å². The van der Waals surface area contributed by atoms with Gasteiger partial charge in [-0.25, -0.2) is 0 Å². The Morgan fingerprint density at radius 2 is 1.64 bits per heavy atom. The molecule has 0 aromatic heterocycles. The summed E-state index contributed by atoms with van der Waals surface area (Å²) in [5, 5.41) is 6.55. The average molecular weight is 507 g/mol. The van der Waals surface area contributed by atoms with E-state index in [1.165, 1.54) is 0 Å². The predicted molar refractivity (Wildman–Crippen MR) is 116 cm³/mol. The Labute approximate surface area is 180 Å². The van der Waals surface area contributed by atoms with E-state index < -0.39 is 12.8 Å². The number of hydrogen-bond donors (Lipinski definition) is 2. The van der Waals surface area contributed by atoms with Crippen molar-refractivity contribution in [2.24, 2.45) is 4.99 Å². The summed E-state index contributed by atoms with van der Waals surface area (Å²) in [4.78, 5) is 4.22. The minimum absolute atomic E-state index is 0. The highest BCUT2D eigenvalue weighted by Gasteiger charge is 2.27. The van der Waals surface area contributed by atoms with Crippen LogP contribution in [0.1, 0.15) is 29.7 Å². The van der Waals surface area contributed by atoms with Crippen molar-refractivity contribution in [3.63, 3.8) is 0 Å². The highest BCUT2D eigenvalue weighted by Crippen LogP contribution is 2.16. The monoisotopic (exact) mass is 507 g/mol. The van der Waals surface area contributed by atoms with Crippen molar-refractivity contribution in [2.75, 3.05) is 13.7 Å². The van der Waals surface area contributed by atoms with Crippen molar-refractivity contribution < 1.29 is 17.9 Å². The van der Waals surface area contributed by atoms with E-state index in [1.54, 1.807) is 19.2 Å². The van der Waals surface area contributed by atoms with Crippen LogP contribution in [0.15, 0.2) is 59.6 Å². The number of nitrogens with zero attached hydrogens (tertiary/aromatic N) is 1. The van der Waals surface area contributed by atoms with Crippen molar-refractivity contribution in [1.29, 1.82) is 0 Å². The van der Waals surface area contributed by atoms with Crippen LogP contribution in [0.3, 0.4) is 0 Å². The second-order valence-corrected chi connectivity index (χ2v) is 6.13. The van der Waals surface area contributed by atoms with Gasteiger partial charge in [-0.3, -0.25) is 4.99 Å². The van der Waals surface area contributed by atoms with Crippen LogP contribution in [0, 0.1) is 0 Å². The van der Waals surface area contributed by atoms with Gasteiger partial charge in [-0.15, -0.1) is 24.0 Å². The summed E-state index contributed by atoms with van der Waals surface area (Å²) in [7, 11) is 1.70. The number of halogens is 4. The lowest BCUT2D eigenvalue weighted by molar-refractivity contribution is -0.176. The molecule has 2 rings (SSSR count). The van der Waals surface area contributed by atoms with E-state index in [0.29, 0.717) is 18.1 Å². The summed E-state index contributed by atoms with van der Waals surface area (Å²) < 4.78 is 40.9. The molecule has 4 nitrogen and oxygen atoms in total. The Bertz CT molecular complexity index is 722. The summed E-state index contributed by atoms with van der Waals surface area (Å²) in [6.07, 6.45) is -4.30. The molecular weight excluding hydrogens is 482 g/mol. The number of hydrogen-bond acceptors (Lipinski definition) is 2. The molecule has 2 aromatic rings. The van der Waals surface area contributed by atoms with Crippen LogP contribution in [-0.2, 0) is 17.9 Å². The SMILES string of the molecule is CN=C(NCc1ccc(COCC(F)(F)F)cc1)NC(C)c1ccccc1.I. The average Bonchev–Trinajstić information content (AvgIpc) is 2.65. The molecule has 8 heteroatoms. The van der Waals surface area contributed by atoms with Crippen LogP contribution < -0.4 is 10.6 Å². The van der Waals surface area contributed by atoms with E-state index >= 15 is 0 Å². The second-order valence-electron chi connectivity index (χ2n) is 6.13. The molecular formula is C20H25F3IN3O. The molecule has 0 fully saturated rings. The Hall–Kier alpha value is -1.81. The number of ether oxygens (including phenoxy) is 1. The van der Waals surface area contributed by atoms with Crippen molar-refractivity contribution >= 4 is 29.9 Å². The van der Waals surface area contributed by atoms with Gasteiger partial charge in [-0.1, -0.05) is 54.6 Å². The van der Waals surface area contributed by atoms with Crippen molar-refractivity contribution in [3.05, 3.63) is 71.3 Å². The molecule has 0 radical (unpaired) electrons. The smallest absolute Gasteiger partial charge is 0.367 e. The molecule has 0 aliphatic rings. The van der Waals surface area contributed by atoms with Gasteiger partial charge in [0.2, 0.25) is 0 Å². The number of nitrogens with one attached hydrogen (secondary N) is 2. The Morgan fingerprint density at radius 1 is 1.04 bits per heavy atom. The fraction of sp³-hybridized carbons (Fsp3) is 0.350. The number of rotatable bonds is 7. The zero-order chi connectivity index (χ0) is 19.7. The first kappa shape index (κ1) is 24.2. The quantitative estimate of drug-likeness (QED) is 0.322. The van der Waals surface area contributed by atoms with Gasteiger partial charge < -0.3 is 15.4 Å². The number of guanidine groups is 1. The summed E-state index contributed by atoms with van der Waals surface area (Å²) in [5.74, 6) is 0.670. The molecule has 0 aliphatic heterocycles. The molecule has 0 saturated heterocycles. The lowest BCUT2D eigenvalue weighted by Crippen LogP contribution is -2.38. The summed E-state index contributed by atoms with van der Waals surface area (Å²) >= 11 is 0. The number of aliphatic imine (C=N–C) groups is 1. The topological polar surface area (TPSA) is 45.7 Å². The van der Waals surface area contributed by atoms with Gasteiger partial charge in [0.1, 0.15) is 6.61 Å². The van der Waals surface area contributed by atoms with Gasteiger partial charge in [-0.2, -0.15) is 13.2 Å². The summed E-state index contributed by atoms with van der Waals surface area (Å²) in [6, 6.07) is 17.4. The maximum absolute atomic E-state index is 12.1. The first-order valence-corrected chi connectivity index (χ1v) is 8.62. The molecule has 0 bridgehead atoms. The van der Waals surface area contributed by atoms with E-state index in [4.69, 9.17) is 0 Å². The van der Waals surface area contributed by atoms with Crippen LogP contribution in [0.25, 0.3) is 0 Å². The summed E-state index contributed by atoms with van der Waals surface area (Å²) in [5.41, 5.74) is 2.84. The van der Waals surface area contributed by atoms with Crippen LogP contribution in [0.2, 0.25) is 0 Å². The highest BCUT2D eigenvalue weighted by atomic mass is 127. The molecule has 0 aliphatic carbocycles. The predicted octanol–water partition coefficient (Wildman–Crippen LogP) is 4.81. The van der Waals surface area contributed by atoms with Crippen molar-refractivity contribution in [3.8, 4) is 0 Å². The van der Waals surface area contributed by atoms with Gasteiger partial charge >= 0.3 is 6.18 Å². The first-order valence-electron chi connectivity index (χ1n) is 8.62. The highest BCUT2D eigenvalue weighted by molar-refractivity contribution is 14.0. The van der Waals surface area contributed by atoms with Crippen LogP contribution in [0.4, 0.5) is 13.2 Å². The Kier molecular flexibility index (Phi) is 10.3. The molecule has 1 atom stereocenters.